The fourth-order valence-corrected chi connectivity index (χ4v) is 2.20. The van der Waals surface area contributed by atoms with Gasteiger partial charge in [-0.2, -0.15) is 0 Å². The molecule has 1 fully saturated rings. The number of nitrogens with zero attached hydrogens (tertiary/aromatic N) is 1. The van der Waals surface area contributed by atoms with E-state index >= 15 is 0 Å². The second-order valence-electron chi connectivity index (χ2n) is 5.69. The smallest absolute Gasteiger partial charge is 0.0897 e. The molecule has 1 rings (SSSR count). The average Bonchev–Trinajstić information content (AvgIpc) is 2.81. The van der Waals surface area contributed by atoms with Crippen molar-refractivity contribution in [2.45, 2.75) is 39.2 Å². The number of ether oxygens (including phenoxy) is 1. The maximum atomic E-state index is 9.68. The van der Waals surface area contributed by atoms with Gasteiger partial charge in [0.05, 0.1) is 12.7 Å². The number of rotatable bonds is 10. The van der Waals surface area contributed by atoms with Crippen LogP contribution in [0.4, 0.5) is 0 Å². The second kappa shape index (κ2) is 9.73. The first-order chi connectivity index (χ1) is 8.68. The highest BCUT2D eigenvalue weighted by Gasteiger charge is 2.10. The molecule has 18 heavy (non-hydrogen) atoms. The van der Waals surface area contributed by atoms with E-state index in [2.05, 4.69) is 24.1 Å². The Bertz CT molecular complexity index is 194. The molecule has 0 aromatic heterocycles. The molecule has 1 saturated heterocycles. The monoisotopic (exact) mass is 258 g/mol. The number of hydrogen-bond acceptors (Lipinski definition) is 4. The summed E-state index contributed by atoms with van der Waals surface area (Å²) in [5.74, 6) is 0.533. The average molecular weight is 258 g/mol. The lowest BCUT2D eigenvalue weighted by Crippen LogP contribution is -2.32. The van der Waals surface area contributed by atoms with E-state index in [1.165, 1.54) is 38.9 Å². The van der Waals surface area contributed by atoms with Gasteiger partial charge in [0.25, 0.3) is 0 Å². The Hall–Kier alpha value is -0.160. The third kappa shape index (κ3) is 8.03. The molecular weight excluding hydrogens is 228 g/mol. The van der Waals surface area contributed by atoms with E-state index in [1.807, 2.05) is 0 Å². The van der Waals surface area contributed by atoms with E-state index in [-0.39, 0.29) is 6.10 Å². The van der Waals surface area contributed by atoms with Gasteiger partial charge in [0, 0.05) is 13.2 Å². The molecule has 4 heteroatoms. The van der Waals surface area contributed by atoms with E-state index in [1.54, 1.807) is 0 Å². The lowest BCUT2D eigenvalue weighted by Gasteiger charge is -2.16. The molecule has 1 aliphatic rings. The predicted molar refractivity (Wildman–Crippen MR) is 74.8 cm³/mol. The molecule has 108 valence electrons. The van der Waals surface area contributed by atoms with Gasteiger partial charge in [-0.3, -0.25) is 0 Å². The zero-order chi connectivity index (χ0) is 13.2. The minimum atomic E-state index is -0.379. The lowest BCUT2D eigenvalue weighted by molar-refractivity contribution is 0.0262. The van der Waals surface area contributed by atoms with Crippen LogP contribution >= 0.6 is 0 Å². The summed E-state index contributed by atoms with van der Waals surface area (Å²) in [5.41, 5.74) is 0. The summed E-state index contributed by atoms with van der Waals surface area (Å²) in [6.07, 6.45) is 3.51. The Morgan fingerprint density at radius 1 is 1.22 bits per heavy atom. The van der Waals surface area contributed by atoms with Crippen molar-refractivity contribution in [2.24, 2.45) is 5.92 Å². The highest BCUT2D eigenvalue weighted by molar-refractivity contribution is 4.66. The van der Waals surface area contributed by atoms with Crippen LogP contribution < -0.4 is 5.32 Å². The molecule has 0 aromatic carbocycles. The predicted octanol–water partition coefficient (Wildman–Crippen LogP) is 1.10. The SMILES string of the molecule is CC(C)COCC(O)CNCCCN1CCCC1. The van der Waals surface area contributed by atoms with Crippen LogP contribution in [0.2, 0.25) is 0 Å². The fraction of sp³-hybridized carbons (Fsp3) is 1.00. The van der Waals surface area contributed by atoms with E-state index in [0.717, 1.165) is 13.2 Å². The molecule has 1 aliphatic heterocycles. The fourth-order valence-electron chi connectivity index (χ4n) is 2.20. The molecule has 0 bridgehead atoms. The van der Waals surface area contributed by atoms with Gasteiger partial charge in [-0.1, -0.05) is 13.8 Å². The van der Waals surface area contributed by atoms with Crippen molar-refractivity contribution in [3.05, 3.63) is 0 Å². The van der Waals surface area contributed by atoms with Crippen LogP contribution in [0.15, 0.2) is 0 Å². The Morgan fingerprint density at radius 3 is 2.61 bits per heavy atom. The molecule has 0 saturated carbocycles. The van der Waals surface area contributed by atoms with Crippen LogP contribution in [0.1, 0.15) is 33.1 Å². The summed E-state index contributed by atoms with van der Waals surface area (Å²) < 4.78 is 5.40. The summed E-state index contributed by atoms with van der Waals surface area (Å²) in [5, 5.41) is 13.0. The van der Waals surface area contributed by atoms with E-state index < -0.39 is 0 Å². The maximum Gasteiger partial charge on any atom is 0.0897 e. The van der Waals surface area contributed by atoms with Crippen LogP contribution in [0.3, 0.4) is 0 Å². The molecule has 1 atom stereocenters. The Labute approximate surface area is 112 Å². The molecule has 1 heterocycles. The summed E-state index contributed by atoms with van der Waals surface area (Å²) in [4.78, 5) is 2.52. The van der Waals surface area contributed by atoms with Crippen molar-refractivity contribution in [2.75, 3.05) is 45.9 Å². The maximum absolute atomic E-state index is 9.68. The van der Waals surface area contributed by atoms with Crippen LogP contribution in [0.5, 0.6) is 0 Å². The van der Waals surface area contributed by atoms with Gasteiger partial charge in [0.15, 0.2) is 0 Å². The van der Waals surface area contributed by atoms with E-state index in [4.69, 9.17) is 4.74 Å². The van der Waals surface area contributed by atoms with Gasteiger partial charge in [-0.05, 0) is 51.4 Å². The van der Waals surface area contributed by atoms with Crippen molar-refractivity contribution in [3.63, 3.8) is 0 Å². The van der Waals surface area contributed by atoms with Crippen molar-refractivity contribution >= 4 is 0 Å². The number of likely N-dealkylation sites (tertiary alicyclic amines) is 1. The van der Waals surface area contributed by atoms with Crippen molar-refractivity contribution in [3.8, 4) is 0 Å². The molecule has 2 N–H and O–H groups in total. The summed E-state index contributed by atoms with van der Waals surface area (Å²) in [7, 11) is 0. The zero-order valence-corrected chi connectivity index (χ0v) is 12.0. The standard InChI is InChI=1S/C14H30N2O2/c1-13(2)11-18-12-14(17)10-15-6-5-9-16-7-3-4-8-16/h13-15,17H,3-12H2,1-2H3. The number of aliphatic hydroxyl groups excluding tert-OH is 1. The third-order valence-corrected chi connectivity index (χ3v) is 3.17. The van der Waals surface area contributed by atoms with Gasteiger partial charge in [0.2, 0.25) is 0 Å². The van der Waals surface area contributed by atoms with Gasteiger partial charge < -0.3 is 20.1 Å². The molecule has 0 radical (unpaired) electrons. The number of nitrogens with one attached hydrogen (secondary N) is 1. The van der Waals surface area contributed by atoms with Crippen LogP contribution in [-0.2, 0) is 4.74 Å². The highest BCUT2D eigenvalue weighted by Crippen LogP contribution is 2.06. The first kappa shape index (κ1) is 15.9. The van der Waals surface area contributed by atoms with Crippen molar-refractivity contribution in [1.29, 1.82) is 0 Å². The summed E-state index contributed by atoms with van der Waals surface area (Å²) in [6, 6.07) is 0. The molecule has 0 amide bonds. The number of hydrogen-bond donors (Lipinski definition) is 2. The van der Waals surface area contributed by atoms with Gasteiger partial charge in [-0.15, -0.1) is 0 Å². The first-order valence-corrected chi connectivity index (χ1v) is 7.37. The first-order valence-electron chi connectivity index (χ1n) is 7.37. The Balaban J connectivity index is 1.84. The van der Waals surface area contributed by atoms with Crippen molar-refractivity contribution in [1.82, 2.24) is 10.2 Å². The molecule has 4 nitrogen and oxygen atoms in total. The van der Waals surface area contributed by atoms with Gasteiger partial charge >= 0.3 is 0 Å². The molecule has 1 unspecified atom stereocenters. The summed E-state index contributed by atoms with van der Waals surface area (Å²) in [6.45, 7) is 10.7. The summed E-state index contributed by atoms with van der Waals surface area (Å²) >= 11 is 0. The van der Waals surface area contributed by atoms with E-state index in [9.17, 15) is 5.11 Å². The van der Waals surface area contributed by atoms with Gasteiger partial charge in [-0.25, -0.2) is 0 Å². The lowest BCUT2D eigenvalue weighted by atomic mass is 10.2. The van der Waals surface area contributed by atoms with Crippen LogP contribution in [0.25, 0.3) is 0 Å². The largest absolute Gasteiger partial charge is 0.389 e. The van der Waals surface area contributed by atoms with Gasteiger partial charge in [0.1, 0.15) is 0 Å². The molecule has 0 spiro atoms. The molecular formula is C14H30N2O2. The normalized spacial score (nSPS) is 18.7. The molecule has 0 aromatic rings. The van der Waals surface area contributed by atoms with Crippen LogP contribution in [-0.4, -0.2) is 62.0 Å². The van der Waals surface area contributed by atoms with Crippen molar-refractivity contribution < 1.29 is 9.84 Å². The Kier molecular flexibility index (Phi) is 8.59. The quantitative estimate of drug-likeness (QED) is 0.576. The highest BCUT2D eigenvalue weighted by atomic mass is 16.5. The molecule has 0 aliphatic carbocycles. The van der Waals surface area contributed by atoms with Crippen LogP contribution in [0, 0.1) is 5.92 Å². The zero-order valence-electron chi connectivity index (χ0n) is 12.0. The minimum Gasteiger partial charge on any atom is -0.389 e. The topological polar surface area (TPSA) is 44.7 Å². The second-order valence-corrected chi connectivity index (χ2v) is 5.69. The number of aliphatic hydroxyl groups is 1. The minimum absolute atomic E-state index is 0.379. The third-order valence-electron chi connectivity index (χ3n) is 3.17. The van der Waals surface area contributed by atoms with E-state index in [0.29, 0.717) is 19.1 Å². The Morgan fingerprint density at radius 2 is 1.94 bits per heavy atom.